The van der Waals surface area contributed by atoms with Crippen LogP contribution in [0.15, 0.2) is 18.2 Å². The number of hydrogen-bond acceptors (Lipinski definition) is 4. The SMILES string of the molecule is Cl.N[C@@H](c1cccc2c1OCO2)[C@H](O)C1CC1. The Balaban J connectivity index is 0.00000108. The van der Waals surface area contributed by atoms with Crippen LogP contribution in [0, 0.1) is 5.92 Å². The molecule has 1 saturated carbocycles. The van der Waals surface area contributed by atoms with Crippen molar-refractivity contribution < 1.29 is 14.6 Å². The third-order valence-corrected chi connectivity index (χ3v) is 3.26. The lowest BCUT2D eigenvalue weighted by atomic mass is 9.98. The van der Waals surface area contributed by atoms with Crippen LogP contribution in [0.3, 0.4) is 0 Å². The molecule has 2 atom stereocenters. The molecule has 1 heterocycles. The Morgan fingerprint density at radius 1 is 1.29 bits per heavy atom. The van der Waals surface area contributed by atoms with E-state index in [0.717, 1.165) is 24.2 Å². The van der Waals surface area contributed by atoms with Crippen LogP contribution >= 0.6 is 12.4 Å². The summed E-state index contributed by atoms with van der Waals surface area (Å²) in [7, 11) is 0. The summed E-state index contributed by atoms with van der Waals surface area (Å²) >= 11 is 0. The molecule has 3 rings (SSSR count). The van der Waals surface area contributed by atoms with Crippen LogP contribution in [0.1, 0.15) is 24.4 Å². The minimum absolute atomic E-state index is 0. The molecular formula is C12H16ClNO3. The lowest BCUT2D eigenvalue weighted by molar-refractivity contribution is 0.120. The van der Waals surface area contributed by atoms with Crippen molar-refractivity contribution in [2.45, 2.75) is 25.0 Å². The van der Waals surface area contributed by atoms with Gasteiger partial charge < -0.3 is 20.3 Å². The van der Waals surface area contributed by atoms with E-state index in [1.165, 1.54) is 0 Å². The molecule has 0 spiro atoms. The fourth-order valence-corrected chi connectivity index (χ4v) is 2.13. The molecule has 1 aliphatic heterocycles. The van der Waals surface area contributed by atoms with Crippen molar-refractivity contribution in [1.82, 2.24) is 0 Å². The minimum Gasteiger partial charge on any atom is -0.454 e. The summed E-state index contributed by atoms with van der Waals surface area (Å²) in [4.78, 5) is 0. The fraction of sp³-hybridized carbons (Fsp3) is 0.500. The highest BCUT2D eigenvalue weighted by Gasteiger charge is 2.36. The van der Waals surface area contributed by atoms with Gasteiger partial charge in [-0.2, -0.15) is 0 Å². The highest BCUT2D eigenvalue weighted by Crippen LogP contribution is 2.42. The van der Waals surface area contributed by atoms with Gasteiger partial charge in [-0.15, -0.1) is 12.4 Å². The summed E-state index contributed by atoms with van der Waals surface area (Å²) in [6.45, 7) is 0.235. The zero-order valence-electron chi connectivity index (χ0n) is 9.33. The summed E-state index contributed by atoms with van der Waals surface area (Å²) in [5.74, 6) is 1.76. The summed E-state index contributed by atoms with van der Waals surface area (Å²) in [5.41, 5.74) is 6.91. The number of aliphatic hydroxyl groups excluding tert-OH is 1. The molecule has 5 heteroatoms. The van der Waals surface area contributed by atoms with Gasteiger partial charge in [-0.3, -0.25) is 0 Å². The molecular weight excluding hydrogens is 242 g/mol. The first-order valence-corrected chi connectivity index (χ1v) is 5.59. The Morgan fingerprint density at radius 3 is 2.76 bits per heavy atom. The number of benzene rings is 1. The molecule has 0 aromatic heterocycles. The number of nitrogens with two attached hydrogens (primary N) is 1. The Bertz CT molecular complexity index is 409. The quantitative estimate of drug-likeness (QED) is 0.864. The van der Waals surface area contributed by atoms with Crippen molar-refractivity contribution in [3.05, 3.63) is 23.8 Å². The number of hydrogen-bond donors (Lipinski definition) is 2. The Morgan fingerprint density at radius 2 is 2.06 bits per heavy atom. The molecule has 3 N–H and O–H groups in total. The van der Waals surface area contributed by atoms with Crippen molar-refractivity contribution in [1.29, 1.82) is 0 Å². The van der Waals surface area contributed by atoms with Crippen LogP contribution in [0.2, 0.25) is 0 Å². The average molecular weight is 258 g/mol. The third-order valence-electron chi connectivity index (χ3n) is 3.26. The van der Waals surface area contributed by atoms with Crippen molar-refractivity contribution >= 4 is 12.4 Å². The molecule has 1 aromatic rings. The number of para-hydroxylation sites is 1. The van der Waals surface area contributed by atoms with E-state index in [2.05, 4.69) is 0 Å². The fourth-order valence-electron chi connectivity index (χ4n) is 2.13. The number of aliphatic hydroxyl groups is 1. The second-order valence-electron chi connectivity index (χ2n) is 4.43. The molecule has 1 fully saturated rings. The largest absolute Gasteiger partial charge is 0.454 e. The maximum Gasteiger partial charge on any atom is 0.231 e. The van der Waals surface area contributed by atoms with Gasteiger partial charge in [0.2, 0.25) is 6.79 Å². The van der Waals surface area contributed by atoms with Gasteiger partial charge in [0, 0.05) is 5.56 Å². The van der Waals surface area contributed by atoms with Crippen LogP contribution in [-0.4, -0.2) is 18.0 Å². The molecule has 1 aromatic carbocycles. The maximum absolute atomic E-state index is 10.0. The van der Waals surface area contributed by atoms with Gasteiger partial charge in [-0.25, -0.2) is 0 Å². The van der Waals surface area contributed by atoms with Gasteiger partial charge in [0.05, 0.1) is 12.1 Å². The Hall–Kier alpha value is -0.970. The van der Waals surface area contributed by atoms with E-state index >= 15 is 0 Å². The summed E-state index contributed by atoms with van der Waals surface area (Å²) < 4.78 is 10.7. The van der Waals surface area contributed by atoms with Crippen molar-refractivity contribution in [3.8, 4) is 11.5 Å². The molecule has 4 nitrogen and oxygen atoms in total. The molecule has 0 radical (unpaired) electrons. The van der Waals surface area contributed by atoms with E-state index in [0.29, 0.717) is 11.7 Å². The monoisotopic (exact) mass is 257 g/mol. The molecule has 94 valence electrons. The zero-order valence-corrected chi connectivity index (χ0v) is 10.2. The van der Waals surface area contributed by atoms with Gasteiger partial charge in [-0.05, 0) is 24.8 Å². The van der Waals surface area contributed by atoms with Crippen LogP contribution in [0.4, 0.5) is 0 Å². The number of rotatable bonds is 3. The average Bonchev–Trinajstić information content (AvgIpc) is 3.04. The third kappa shape index (κ3) is 2.20. The summed E-state index contributed by atoms with van der Waals surface area (Å²) in [6.07, 6.45) is 1.67. The van der Waals surface area contributed by atoms with E-state index in [1.54, 1.807) is 0 Å². The highest BCUT2D eigenvalue weighted by molar-refractivity contribution is 5.85. The molecule has 0 saturated heterocycles. The predicted octanol–water partition coefficient (Wildman–Crippen LogP) is 1.61. The van der Waals surface area contributed by atoms with Gasteiger partial charge in [0.1, 0.15) is 0 Å². The summed E-state index contributed by atoms with van der Waals surface area (Å²) in [5, 5.41) is 10.0. The summed E-state index contributed by atoms with van der Waals surface area (Å²) in [6, 6.07) is 5.23. The first kappa shape index (κ1) is 12.5. The molecule has 0 bridgehead atoms. The van der Waals surface area contributed by atoms with E-state index in [1.807, 2.05) is 18.2 Å². The van der Waals surface area contributed by atoms with Crippen molar-refractivity contribution in [2.75, 3.05) is 6.79 Å². The van der Waals surface area contributed by atoms with Crippen LogP contribution in [0.25, 0.3) is 0 Å². The van der Waals surface area contributed by atoms with Gasteiger partial charge in [-0.1, -0.05) is 12.1 Å². The second kappa shape index (κ2) is 4.72. The van der Waals surface area contributed by atoms with Crippen LogP contribution in [-0.2, 0) is 0 Å². The van der Waals surface area contributed by atoms with Gasteiger partial charge in [0.25, 0.3) is 0 Å². The molecule has 1 aliphatic carbocycles. The van der Waals surface area contributed by atoms with Crippen molar-refractivity contribution in [3.63, 3.8) is 0 Å². The second-order valence-corrected chi connectivity index (χ2v) is 4.43. The Kier molecular flexibility index (Phi) is 3.47. The smallest absolute Gasteiger partial charge is 0.231 e. The first-order valence-electron chi connectivity index (χ1n) is 5.59. The lowest BCUT2D eigenvalue weighted by Crippen LogP contribution is -2.28. The Labute approximate surface area is 106 Å². The highest BCUT2D eigenvalue weighted by atomic mass is 35.5. The predicted molar refractivity (Wildman–Crippen MR) is 65.5 cm³/mol. The lowest BCUT2D eigenvalue weighted by Gasteiger charge is -2.19. The van der Waals surface area contributed by atoms with Gasteiger partial charge >= 0.3 is 0 Å². The molecule has 2 aliphatic rings. The number of ether oxygens (including phenoxy) is 2. The minimum atomic E-state index is -0.476. The van der Waals surface area contributed by atoms with Crippen LogP contribution < -0.4 is 15.2 Å². The molecule has 17 heavy (non-hydrogen) atoms. The number of fused-ring (bicyclic) bond motifs is 1. The van der Waals surface area contributed by atoms with Crippen LogP contribution in [0.5, 0.6) is 11.5 Å². The molecule has 0 unspecified atom stereocenters. The normalized spacial score (nSPS) is 20.6. The molecule has 0 amide bonds. The topological polar surface area (TPSA) is 64.7 Å². The van der Waals surface area contributed by atoms with E-state index < -0.39 is 6.10 Å². The van der Waals surface area contributed by atoms with E-state index in [9.17, 15) is 5.11 Å². The van der Waals surface area contributed by atoms with Crippen molar-refractivity contribution in [2.24, 2.45) is 11.7 Å². The van der Waals surface area contributed by atoms with E-state index in [-0.39, 0.29) is 25.2 Å². The number of halogens is 1. The standard InChI is InChI=1S/C12H15NO3.ClH/c13-10(11(14)7-4-5-7)8-2-1-3-9-12(8)16-6-15-9;/h1-3,7,10-11,14H,4-6,13H2;1H/t10-,11+;/m0./s1. The first-order chi connectivity index (χ1) is 7.77. The maximum atomic E-state index is 10.0. The van der Waals surface area contributed by atoms with E-state index in [4.69, 9.17) is 15.2 Å². The zero-order chi connectivity index (χ0) is 11.1. The van der Waals surface area contributed by atoms with Gasteiger partial charge in [0.15, 0.2) is 11.5 Å².